The van der Waals surface area contributed by atoms with Crippen molar-refractivity contribution < 1.29 is 30.5 Å². The molecule has 1 aromatic heterocycles. The third-order valence-electron chi connectivity index (χ3n) is 5.37. The number of nitrogens with zero attached hydrogens (tertiary/aromatic N) is 1. The van der Waals surface area contributed by atoms with Crippen LogP contribution in [0.25, 0.3) is 0 Å². The summed E-state index contributed by atoms with van der Waals surface area (Å²) in [6.07, 6.45) is 4.46. The van der Waals surface area contributed by atoms with Crippen LogP contribution in [0.5, 0.6) is 0 Å². The van der Waals surface area contributed by atoms with Crippen LogP contribution in [0.3, 0.4) is 0 Å². The molecule has 1 aromatic rings. The van der Waals surface area contributed by atoms with Crippen molar-refractivity contribution in [2.24, 2.45) is 0 Å². The number of anilines is 1. The zero-order valence-electron chi connectivity index (χ0n) is 17.5. The maximum absolute atomic E-state index is 10.6. The molecule has 0 aromatic carbocycles. The van der Waals surface area contributed by atoms with Crippen molar-refractivity contribution in [3.63, 3.8) is 0 Å². The molecule has 0 aliphatic carbocycles. The molecule has 3 atom stereocenters. The molecule has 0 saturated heterocycles. The van der Waals surface area contributed by atoms with Gasteiger partial charge in [-0.3, -0.25) is 10.4 Å². The first-order valence-corrected chi connectivity index (χ1v) is 9.53. The van der Waals surface area contributed by atoms with Crippen LogP contribution in [0.15, 0.2) is 23.9 Å². The average molecular weight is 401 g/mol. The van der Waals surface area contributed by atoms with E-state index in [4.69, 9.17) is 15.2 Å². The number of ether oxygens (including phenoxy) is 1. The number of aliphatic hydroxyl groups is 3. The highest BCUT2D eigenvalue weighted by Crippen LogP contribution is 2.24. The Bertz CT molecular complexity index is 624. The molecule has 1 heterocycles. The Morgan fingerprint density at radius 2 is 1.89 bits per heavy atom. The van der Waals surface area contributed by atoms with Crippen molar-refractivity contribution in [3.8, 4) is 0 Å². The first-order chi connectivity index (χ1) is 12.9. The van der Waals surface area contributed by atoms with Gasteiger partial charge >= 0.3 is 0 Å². The van der Waals surface area contributed by atoms with Crippen molar-refractivity contribution in [3.05, 3.63) is 29.5 Å². The van der Waals surface area contributed by atoms with Gasteiger partial charge in [-0.25, -0.2) is 0 Å². The van der Waals surface area contributed by atoms with Gasteiger partial charge in [0.25, 0.3) is 0 Å². The molecule has 0 aliphatic heterocycles. The topological polar surface area (TPSA) is 129 Å². The summed E-state index contributed by atoms with van der Waals surface area (Å²) in [7, 11) is 1.58. The third-order valence-corrected chi connectivity index (χ3v) is 5.37. The van der Waals surface area contributed by atoms with Crippen molar-refractivity contribution >= 4 is 5.82 Å². The molecule has 162 valence electrons. The molecule has 1 unspecified atom stereocenters. The van der Waals surface area contributed by atoms with Gasteiger partial charge < -0.3 is 25.0 Å². The van der Waals surface area contributed by atoms with E-state index in [1.807, 2.05) is 26.8 Å². The smallest absolute Gasteiger partial charge is 0.161 e. The lowest BCUT2D eigenvalue weighted by Crippen LogP contribution is -2.40. The summed E-state index contributed by atoms with van der Waals surface area (Å²) in [6.45, 7) is 7.26. The summed E-state index contributed by atoms with van der Waals surface area (Å²) in [5, 5.41) is 49.0. The number of H-pyrrole nitrogens is 1. The monoisotopic (exact) mass is 400 g/mol. The third kappa shape index (κ3) is 7.54. The fourth-order valence-corrected chi connectivity index (χ4v) is 2.83. The Balaban J connectivity index is 2.48. The number of methoxy groups -OCH3 is 1. The zero-order chi connectivity index (χ0) is 21.5. The van der Waals surface area contributed by atoms with Gasteiger partial charge in [-0.15, -0.1) is 5.23 Å². The van der Waals surface area contributed by atoms with Gasteiger partial charge in [-0.2, -0.15) is 0 Å². The highest BCUT2D eigenvalue weighted by molar-refractivity contribution is 5.37. The predicted molar refractivity (Wildman–Crippen MR) is 106 cm³/mol. The molecule has 0 bridgehead atoms. The van der Waals surface area contributed by atoms with Crippen LogP contribution in [-0.4, -0.2) is 61.2 Å². The highest BCUT2D eigenvalue weighted by Gasteiger charge is 2.30. The normalized spacial score (nSPS) is 17.3. The van der Waals surface area contributed by atoms with E-state index in [0.717, 1.165) is 12.0 Å². The predicted octanol–water partition coefficient (Wildman–Crippen LogP) is 2.55. The lowest BCUT2D eigenvalue weighted by atomic mass is 9.89. The fraction of sp³-hybridized carbons (Fsp3) is 0.700. The average Bonchev–Trinajstić information content (AvgIpc) is 3.08. The summed E-state index contributed by atoms with van der Waals surface area (Å²) in [6, 6.07) is 1.48. The highest BCUT2D eigenvalue weighted by atomic mass is 16.8. The van der Waals surface area contributed by atoms with Crippen LogP contribution < -0.4 is 5.23 Å². The van der Waals surface area contributed by atoms with E-state index in [-0.39, 0.29) is 17.5 Å². The van der Waals surface area contributed by atoms with E-state index >= 15 is 0 Å². The van der Waals surface area contributed by atoms with E-state index < -0.39 is 23.4 Å². The number of rotatable bonds is 12. The van der Waals surface area contributed by atoms with Crippen molar-refractivity contribution in [2.75, 3.05) is 12.3 Å². The van der Waals surface area contributed by atoms with Gasteiger partial charge in [0, 0.05) is 19.7 Å². The van der Waals surface area contributed by atoms with Gasteiger partial charge in [0.05, 0.1) is 23.4 Å². The fourth-order valence-electron chi connectivity index (χ4n) is 2.83. The van der Waals surface area contributed by atoms with Gasteiger partial charge in [0.2, 0.25) is 0 Å². The number of aliphatic hydroxyl groups excluding tert-OH is 2. The molecule has 0 amide bonds. The Hall–Kier alpha value is -1.42. The SMILES string of the molecule is COC(C)(C)[C@H](O)CC/C(C)=C/CCC(C)(O)[C@@H](O)Cc1c[nH]c(N(O)O)c1. The van der Waals surface area contributed by atoms with Crippen LogP contribution in [-0.2, 0) is 11.2 Å². The van der Waals surface area contributed by atoms with Crippen molar-refractivity contribution in [1.82, 2.24) is 4.98 Å². The Morgan fingerprint density at radius 3 is 2.43 bits per heavy atom. The van der Waals surface area contributed by atoms with Crippen LogP contribution in [0.1, 0.15) is 58.9 Å². The van der Waals surface area contributed by atoms with E-state index in [1.54, 1.807) is 20.2 Å². The molecule has 1 rings (SSSR count). The lowest BCUT2D eigenvalue weighted by Gasteiger charge is -2.29. The molecule has 0 saturated carbocycles. The van der Waals surface area contributed by atoms with Gasteiger partial charge in [0.1, 0.15) is 0 Å². The van der Waals surface area contributed by atoms with E-state index in [0.29, 0.717) is 24.8 Å². The van der Waals surface area contributed by atoms with Gasteiger partial charge in [-0.05, 0) is 65.0 Å². The second-order valence-electron chi connectivity index (χ2n) is 8.21. The number of aromatic amines is 1. The van der Waals surface area contributed by atoms with Crippen LogP contribution in [0, 0.1) is 0 Å². The minimum Gasteiger partial charge on any atom is -0.390 e. The van der Waals surface area contributed by atoms with E-state index in [9.17, 15) is 15.3 Å². The van der Waals surface area contributed by atoms with Crippen molar-refractivity contribution in [1.29, 1.82) is 0 Å². The quantitative estimate of drug-likeness (QED) is 0.235. The maximum atomic E-state index is 10.6. The standard InChI is InChI=1S/C20H36N2O6/c1-14(8-9-16(23)19(2,3)28-5)7-6-10-20(4,25)17(24)11-15-12-18(21-13-15)22(26)27/h7,12-13,16-17,21,23-27H,6,8-11H2,1-5H3/b14-7+/t16-,17+,20?/m1/s1. The first kappa shape index (κ1) is 24.6. The Morgan fingerprint density at radius 1 is 1.25 bits per heavy atom. The van der Waals surface area contributed by atoms with Crippen molar-refractivity contribution in [2.45, 2.75) is 83.2 Å². The van der Waals surface area contributed by atoms with E-state index in [1.165, 1.54) is 6.07 Å². The summed E-state index contributed by atoms with van der Waals surface area (Å²) in [4.78, 5) is 2.65. The molecule has 28 heavy (non-hydrogen) atoms. The minimum absolute atomic E-state index is 0.0354. The van der Waals surface area contributed by atoms with Gasteiger partial charge in [0.15, 0.2) is 5.82 Å². The largest absolute Gasteiger partial charge is 0.390 e. The molecule has 8 heteroatoms. The molecular weight excluding hydrogens is 364 g/mol. The second-order valence-corrected chi connectivity index (χ2v) is 8.21. The Labute approximate surface area is 167 Å². The molecule has 0 aliphatic rings. The molecule has 6 N–H and O–H groups in total. The number of nitrogens with one attached hydrogen (secondary N) is 1. The van der Waals surface area contributed by atoms with Crippen LogP contribution in [0.4, 0.5) is 5.82 Å². The number of allylic oxidation sites excluding steroid dienone is 2. The number of aromatic nitrogens is 1. The second kappa shape index (κ2) is 10.4. The zero-order valence-corrected chi connectivity index (χ0v) is 17.5. The summed E-state index contributed by atoms with van der Waals surface area (Å²) < 4.78 is 5.28. The molecule has 0 spiro atoms. The molecule has 8 nitrogen and oxygen atoms in total. The van der Waals surface area contributed by atoms with Crippen LogP contribution in [0.2, 0.25) is 0 Å². The Kier molecular flexibility index (Phi) is 9.13. The summed E-state index contributed by atoms with van der Waals surface area (Å²) in [5.74, 6) is 0.0826. The van der Waals surface area contributed by atoms with Crippen LogP contribution >= 0.6 is 0 Å². The summed E-state index contributed by atoms with van der Waals surface area (Å²) >= 11 is 0. The molecule has 0 radical (unpaired) electrons. The first-order valence-electron chi connectivity index (χ1n) is 9.53. The molecule has 0 fully saturated rings. The van der Waals surface area contributed by atoms with E-state index in [2.05, 4.69) is 4.98 Å². The minimum atomic E-state index is -1.29. The molecular formula is C20H36N2O6. The number of hydrogen-bond donors (Lipinski definition) is 6. The maximum Gasteiger partial charge on any atom is 0.161 e. The van der Waals surface area contributed by atoms with Gasteiger partial charge in [-0.1, -0.05) is 11.6 Å². The lowest BCUT2D eigenvalue weighted by molar-refractivity contribution is -0.0797. The summed E-state index contributed by atoms with van der Waals surface area (Å²) in [5.41, 5.74) is -0.117. The number of hydrogen-bond acceptors (Lipinski definition) is 7.